The first-order chi connectivity index (χ1) is 10.3. The van der Waals surface area contributed by atoms with Gasteiger partial charge in [0.15, 0.2) is 5.82 Å². The maximum Gasteiger partial charge on any atom is 0.261 e. The molecule has 1 aliphatic heterocycles. The third-order valence-electron chi connectivity index (χ3n) is 3.63. The number of nitrogens with one attached hydrogen (secondary N) is 1. The first-order valence-corrected chi connectivity index (χ1v) is 7.17. The van der Waals surface area contributed by atoms with Crippen LogP contribution in [0.2, 0.25) is 0 Å². The zero-order chi connectivity index (χ0) is 14.7. The van der Waals surface area contributed by atoms with E-state index < -0.39 is 0 Å². The Labute approximate surface area is 124 Å². The number of hydrogen-bond acceptors (Lipinski definition) is 6. The Hall–Kier alpha value is -1.92. The van der Waals surface area contributed by atoms with E-state index in [-0.39, 0.29) is 0 Å². The highest BCUT2D eigenvalue weighted by atomic mass is 16.5. The van der Waals surface area contributed by atoms with Crippen LogP contribution < -0.4 is 10.1 Å². The molecular formula is C15H20N4O2. The predicted octanol–water partition coefficient (Wildman–Crippen LogP) is 1.46. The number of piperazine rings is 1. The van der Waals surface area contributed by atoms with Gasteiger partial charge in [0.05, 0.1) is 19.2 Å². The second-order valence-corrected chi connectivity index (χ2v) is 5.25. The molecule has 0 unspecified atom stereocenters. The minimum absolute atomic E-state index is 0.515. The molecule has 0 radical (unpaired) electrons. The fraction of sp³-hybridized carbons (Fsp3) is 0.467. The lowest BCUT2D eigenvalue weighted by Crippen LogP contribution is -2.43. The number of aryl methyl sites for hydroxylation is 1. The summed E-state index contributed by atoms with van der Waals surface area (Å²) in [5, 5.41) is 7.42. The SMILES string of the molecule is COc1ccc(C)cc1-c1nc(CN2CCNCC2)no1. The second kappa shape index (κ2) is 6.24. The van der Waals surface area contributed by atoms with E-state index in [0.29, 0.717) is 5.89 Å². The number of nitrogens with zero attached hydrogens (tertiary/aromatic N) is 3. The highest BCUT2D eigenvalue weighted by Crippen LogP contribution is 2.29. The largest absolute Gasteiger partial charge is 0.496 e. The van der Waals surface area contributed by atoms with Crippen LogP contribution in [-0.2, 0) is 6.54 Å². The number of hydrogen-bond donors (Lipinski definition) is 1. The summed E-state index contributed by atoms with van der Waals surface area (Å²) in [4.78, 5) is 6.82. The van der Waals surface area contributed by atoms with Crippen molar-refractivity contribution in [1.29, 1.82) is 0 Å². The number of benzene rings is 1. The summed E-state index contributed by atoms with van der Waals surface area (Å²) in [5.74, 6) is 1.98. The van der Waals surface area contributed by atoms with Crippen molar-refractivity contribution in [3.05, 3.63) is 29.6 Å². The van der Waals surface area contributed by atoms with Gasteiger partial charge < -0.3 is 14.6 Å². The van der Waals surface area contributed by atoms with Crippen LogP contribution in [0.5, 0.6) is 5.75 Å². The molecule has 3 rings (SSSR count). The summed E-state index contributed by atoms with van der Waals surface area (Å²) >= 11 is 0. The standard InChI is InChI=1S/C15H20N4O2/c1-11-3-4-13(20-2)12(9-11)15-17-14(18-21-15)10-19-7-5-16-6-8-19/h3-4,9,16H,5-8,10H2,1-2H3. The molecule has 0 atom stereocenters. The topological polar surface area (TPSA) is 63.4 Å². The lowest BCUT2D eigenvalue weighted by Gasteiger charge is -2.25. The van der Waals surface area contributed by atoms with Crippen molar-refractivity contribution in [3.8, 4) is 17.2 Å². The molecule has 0 bridgehead atoms. The predicted molar refractivity (Wildman–Crippen MR) is 79.2 cm³/mol. The van der Waals surface area contributed by atoms with Gasteiger partial charge >= 0.3 is 0 Å². The van der Waals surface area contributed by atoms with Crippen LogP contribution in [0.15, 0.2) is 22.7 Å². The summed E-state index contributed by atoms with van der Waals surface area (Å²) < 4.78 is 10.8. The Kier molecular flexibility index (Phi) is 4.17. The molecule has 2 heterocycles. The van der Waals surface area contributed by atoms with E-state index in [1.165, 1.54) is 0 Å². The third kappa shape index (κ3) is 3.22. The van der Waals surface area contributed by atoms with E-state index in [1.54, 1.807) is 7.11 Å². The van der Waals surface area contributed by atoms with Gasteiger partial charge in [0.25, 0.3) is 5.89 Å². The molecule has 1 aliphatic rings. The fourth-order valence-corrected chi connectivity index (χ4v) is 2.49. The number of aromatic nitrogens is 2. The summed E-state index contributed by atoms with van der Waals surface area (Å²) in [6.45, 7) is 6.79. The van der Waals surface area contributed by atoms with Gasteiger partial charge in [0, 0.05) is 26.2 Å². The van der Waals surface area contributed by atoms with E-state index in [2.05, 4.69) is 20.4 Å². The Morgan fingerprint density at radius 3 is 2.90 bits per heavy atom. The molecule has 21 heavy (non-hydrogen) atoms. The maximum absolute atomic E-state index is 5.41. The molecule has 0 amide bonds. The van der Waals surface area contributed by atoms with Crippen molar-refractivity contribution in [2.24, 2.45) is 0 Å². The summed E-state index contributed by atoms with van der Waals surface area (Å²) in [6.07, 6.45) is 0. The van der Waals surface area contributed by atoms with E-state index in [0.717, 1.165) is 55.4 Å². The number of ether oxygens (including phenoxy) is 1. The Bertz CT molecular complexity index is 605. The van der Waals surface area contributed by atoms with E-state index in [4.69, 9.17) is 9.26 Å². The quantitative estimate of drug-likeness (QED) is 0.919. The number of rotatable bonds is 4. The summed E-state index contributed by atoms with van der Waals surface area (Å²) in [7, 11) is 1.65. The van der Waals surface area contributed by atoms with Crippen LogP contribution >= 0.6 is 0 Å². The van der Waals surface area contributed by atoms with Crippen molar-refractivity contribution in [2.75, 3.05) is 33.3 Å². The van der Waals surface area contributed by atoms with Gasteiger partial charge in [-0.15, -0.1) is 0 Å². The first-order valence-electron chi connectivity index (χ1n) is 7.17. The zero-order valence-corrected chi connectivity index (χ0v) is 12.4. The van der Waals surface area contributed by atoms with Crippen LogP contribution in [0, 0.1) is 6.92 Å². The maximum atomic E-state index is 5.41. The van der Waals surface area contributed by atoms with Gasteiger partial charge in [-0.3, -0.25) is 4.90 Å². The summed E-state index contributed by atoms with van der Waals surface area (Å²) in [6, 6.07) is 5.92. The summed E-state index contributed by atoms with van der Waals surface area (Å²) in [5.41, 5.74) is 1.98. The second-order valence-electron chi connectivity index (χ2n) is 5.25. The smallest absolute Gasteiger partial charge is 0.261 e. The van der Waals surface area contributed by atoms with Crippen LogP contribution in [0.25, 0.3) is 11.5 Å². The molecule has 112 valence electrons. The molecule has 0 saturated carbocycles. The Morgan fingerprint density at radius 2 is 2.14 bits per heavy atom. The van der Waals surface area contributed by atoms with Crippen molar-refractivity contribution >= 4 is 0 Å². The molecule has 6 nitrogen and oxygen atoms in total. The molecule has 0 aliphatic carbocycles. The van der Waals surface area contributed by atoms with Crippen molar-refractivity contribution in [3.63, 3.8) is 0 Å². The first kappa shape index (κ1) is 14.0. The highest BCUT2D eigenvalue weighted by molar-refractivity contribution is 5.63. The molecule has 1 aromatic heterocycles. The van der Waals surface area contributed by atoms with Crippen LogP contribution in [0.4, 0.5) is 0 Å². The van der Waals surface area contributed by atoms with Gasteiger partial charge in [-0.1, -0.05) is 16.8 Å². The molecular weight excluding hydrogens is 268 g/mol. The average molecular weight is 288 g/mol. The number of methoxy groups -OCH3 is 1. The normalized spacial score (nSPS) is 16.1. The van der Waals surface area contributed by atoms with E-state index in [9.17, 15) is 0 Å². The molecule has 2 aromatic rings. The van der Waals surface area contributed by atoms with Crippen LogP contribution in [0.1, 0.15) is 11.4 Å². The van der Waals surface area contributed by atoms with Crippen molar-refractivity contribution < 1.29 is 9.26 Å². The molecule has 0 spiro atoms. The Morgan fingerprint density at radius 1 is 1.33 bits per heavy atom. The third-order valence-corrected chi connectivity index (χ3v) is 3.63. The van der Waals surface area contributed by atoms with E-state index in [1.807, 2.05) is 25.1 Å². The lowest BCUT2D eigenvalue weighted by molar-refractivity contribution is 0.225. The van der Waals surface area contributed by atoms with E-state index >= 15 is 0 Å². The fourth-order valence-electron chi connectivity index (χ4n) is 2.49. The minimum Gasteiger partial charge on any atom is -0.496 e. The monoisotopic (exact) mass is 288 g/mol. The minimum atomic E-state index is 0.515. The van der Waals surface area contributed by atoms with Crippen LogP contribution in [-0.4, -0.2) is 48.3 Å². The molecule has 1 aromatic carbocycles. The Balaban J connectivity index is 1.79. The van der Waals surface area contributed by atoms with Gasteiger partial charge in [-0.25, -0.2) is 0 Å². The highest BCUT2D eigenvalue weighted by Gasteiger charge is 2.17. The lowest BCUT2D eigenvalue weighted by atomic mass is 10.1. The van der Waals surface area contributed by atoms with Gasteiger partial charge in [0.2, 0.25) is 0 Å². The van der Waals surface area contributed by atoms with Crippen molar-refractivity contribution in [2.45, 2.75) is 13.5 Å². The van der Waals surface area contributed by atoms with Gasteiger partial charge in [-0.05, 0) is 19.1 Å². The van der Waals surface area contributed by atoms with Crippen LogP contribution in [0.3, 0.4) is 0 Å². The van der Waals surface area contributed by atoms with Gasteiger partial charge in [-0.2, -0.15) is 4.98 Å². The zero-order valence-electron chi connectivity index (χ0n) is 12.4. The van der Waals surface area contributed by atoms with Crippen molar-refractivity contribution in [1.82, 2.24) is 20.4 Å². The molecule has 1 fully saturated rings. The molecule has 1 N–H and O–H groups in total. The average Bonchev–Trinajstić information content (AvgIpc) is 2.96. The van der Waals surface area contributed by atoms with Gasteiger partial charge in [0.1, 0.15) is 5.75 Å². The molecule has 6 heteroatoms. The molecule has 1 saturated heterocycles.